The fourth-order valence-corrected chi connectivity index (χ4v) is 2.62. The lowest BCUT2D eigenvalue weighted by Gasteiger charge is -2.18. The monoisotopic (exact) mass is 377 g/mol. The molecule has 2 rings (SSSR count). The molecule has 2 aromatic carbocycles. The Morgan fingerprint density at radius 2 is 1.85 bits per heavy atom. The van der Waals surface area contributed by atoms with Crippen LogP contribution in [0.2, 0.25) is 5.02 Å². The lowest BCUT2D eigenvalue weighted by atomic mass is 10.1. The molecule has 138 valence electrons. The molecule has 26 heavy (non-hydrogen) atoms. The molecule has 0 aliphatic rings. The number of hydrogen-bond acceptors (Lipinski definition) is 4. The number of anilines is 1. The Hall–Kier alpha value is -2.73. The minimum Gasteiger partial charge on any atom is -0.495 e. The summed E-state index contributed by atoms with van der Waals surface area (Å²) in [5, 5.41) is 9.11. The van der Waals surface area contributed by atoms with Crippen LogP contribution in [-0.4, -0.2) is 37.7 Å². The maximum atomic E-state index is 12.4. The van der Waals surface area contributed by atoms with Gasteiger partial charge in [0, 0.05) is 19.2 Å². The van der Waals surface area contributed by atoms with Crippen LogP contribution < -0.4 is 14.4 Å². The molecular formula is C19H20ClNO5. The van der Waals surface area contributed by atoms with Gasteiger partial charge in [-0.25, -0.2) is 4.79 Å². The normalized spacial score (nSPS) is 10.3. The summed E-state index contributed by atoms with van der Waals surface area (Å²) in [5.74, 6) is -0.0508. The summed E-state index contributed by atoms with van der Waals surface area (Å²) in [6.45, 7) is -0.404. The lowest BCUT2D eigenvalue weighted by molar-refractivity contribution is -0.139. The summed E-state index contributed by atoms with van der Waals surface area (Å²) in [5.41, 5.74) is 1.65. The smallest absolute Gasteiger partial charge is 0.341 e. The van der Waals surface area contributed by atoms with Crippen molar-refractivity contribution in [2.24, 2.45) is 0 Å². The highest BCUT2D eigenvalue weighted by molar-refractivity contribution is 6.32. The van der Waals surface area contributed by atoms with Crippen molar-refractivity contribution in [2.75, 3.05) is 25.7 Å². The van der Waals surface area contributed by atoms with E-state index in [4.69, 9.17) is 26.2 Å². The van der Waals surface area contributed by atoms with Gasteiger partial charge >= 0.3 is 5.97 Å². The Balaban J connectivity index is 1.92. The zero-order valence-electron chi connectivity index (χ0n) is 14.6. The van der Waals surface area contributed by atoms with Crippen LogP contribution in [-0.2, 0) is 16.0 Å². The second-order valence-corrected chi connectivity index (χ2v) is 6.01. The van der Waals surface area contributed by atoms with E-state index in [1.54, 1.807) is 55.5 Å². The Morgan fingerprint density at radius 1 is 1.15 bits per heavy atom. The molecule has 0 unspecified atom stereocenters. The largest absolute Gasteiger partial charge is 0.495 e. The molecule has 0 saturated heterocycles. The topological polar surface area (TPSA) is 76.1 Å². The lowest BCUT2D eigenvalue weighted by Crippen LogP contribution is -2.26. The molecule has 0 fully saturated rings. The maximum absolute atomic E-state index is 12.4. The first kappa shape index (κ1) is 19.6. The summed E-state index contributed by atoms with van der Waals surface area (Å²) < 4.78 is 10.2. The first-order valence-corrected chi connectivity index (χ1v) is 8.32. The molecule has 0 saturated carbocycles. The van der Waals surface area contributed by atoms with Crippen LogP contribution in [0.25, 0.3) is 0 Å². The van der Waals surface area contributed by atoms with Crippen LogP contribution in [0.5, 0.6) is 11.5 Å². The van der Waals surface area contributed by atoms with Crippen LogP contribution in [0.4, 0.5) is 5.69 Å². The van der Waals surface area contributed by atoms with Gasteiger partial charge in [0.15, 0.2) is 6.61 Å². The van der Waals surface area contributed by atoms with Crippen LogP contribution in [0.3, 0.4) is 0 Å². The van der Waals surface area contributed by atoms with E-state index in [2.05, 4.69) is 0 Å². The van der Waals surface area contributed by atoms with E-state index < -0.39 is 12.6 Å². The van der Waals surface area contributed by atoms with Crippen molar-refractivity contribution in [3.05, 3.63) is 53.1 Å². The number of methoxy groups -OCH3 is 1. The third-order valence-corrected chi connectivity index (χ3v) is 4.10. The van der Waals surface area contributed by atoms with E-state index in [-0.39, 0.29) is 5.91 Å². The minimum atomic E-state index is -1.04. The number of nitrogens with zero attached hydrogens (tertiary/aromatic N) is 1. The van der Waals surface area contributed by atoms with Gasteiger partial charge in [-0.2, -0.15) is 0 Å². The van der Waals surface area contributed by atoms with Crippen molar-refractivity contribution in [1.29, 1.82) is 0 Å². The van der Waals surface area contributed by atoms with E-state index in [1.165, 1.54) is 0 Å². The summed E-state index contributed by atoms with van der Waals surface area (Å²) in [6, 6.07) is 12.1. The summed E-state index contributed by atoms with van der Waals surface area (Å²) in [7, 11) is 3.24. The average molecular weight is 378 g/mol. The number of halogens is 1. The Bertz CT molecular complexity index is 776. The number of benzene rings is 2. The van der Waals surface area contributed by atoms with E-state index in [0.717, 1.165) is 5.56 Å². The molecule has 2 aromatic rings. The van der Waals surface area contributed by atoms with Gasteiger partial charge in [0.05, 0.1) is 12.1 Å². The number of ether oxygens (including phenoxy) is 2. The fourth-order valence-electron chi connectivity index (χ4n) is 2.34. The Morgan fingerprint density at radius 3 is 2.42 bits per heavy atom. The fraction of sp³-hybridized carbons (Fsp3) is 0.263. The third kappa shape index (κ3) is 5.39. The number of aliphatic carboxylic acids is 1. The SMILES string of the molecule is COc1ccc(CCC(=O)N(C)c2ccc(OCC(=O)O)cc2)cc1Cl. The highest BCUT2D eigenvalue weighted by Crippen LogP contribution is 2.26. The molecule has 0 bridgehead atoms. The van der Waals surface area contributed by atoms with Crippen LogP contribution >= 0.6 is 11.6 Å². The summed E-state index contributed by atoms with van der Waals surface area (Å²) in [4.78, 5) is 24.4. The number of hydrogen-bond donors (Lipinski definition) is 1. The van der Waals surface area contributed by atoms with Crippen LogP contribution in [0, 0.1) is 0 Å². The van der Waals surface area contributed by atoms with Gasteiger partial charge in [-0.05, 0) is 48.4 Å². The van der Waals surface area contributed by atoms with Gasteiger partial charge in [-0.15, -0.1) is 0 Å². The highest BCUT2D eigenvalue weighted by atomic mass is 35.5. The number of amides is 1. The molecule has 0 aliphatic heterocycles. The van der Waals surface area contributed by atoms with E-state index in [0.29, 0.717) is 35.1 Å². The second kappa shape index (κ2) is 9.10. The quantitative estimate of drug-likeness (QED) is 0.763. The van der Waals surface area contributed by atoms with Gasteiger partial charge < -0.3 is 19.5 Å². The van der Waals surface area contributed by atoms with Crippen molar-refractivity contribution in [2.45, 2.75) is 12.8 Å². The number of carbonyl (C=O) groups is 2. The number of aryl methyl sites for hydroxylation is 1. The zero-order chi connectivity index (χ0) is 19.1. The maximum Gasteiger partial charge on any atom is 0.341 e. The zero-order valence-corrected chi connectivity index (χ0v) is 15.3. The van der Waals surface area contributed by atoms with Gasteiger partial charge in [0.2, 0.25) is 5.91 Å². The van der Waals surface area contributed by atoms with E-state index in [9.17, 15) is 9.59 Å². The van der Waals surface area contributed by atoms with Gasteiger partial charge in [0.25, 0.3) is 0 Å². The van der Waals surface area contributed by atoms with Crippen molar-refractivity contribution in [3.8, 4) is 11.5 Å². The van der Waals surface area contributed by atoms with E-state index in [1.807, 2.05) is 6.07 Å². The molecule has 7 heteroatoms. The molecule has 6 nitrogen and oxygen atoms in total. The Labute approximate surface area is 156 Å². The van der Waals surface area contributed by atoms with Gasteiger partial charge in [-0.1, -0.05) is 17.7 Å². The standard InChI is InChI=1S/C19H20ClNO5/c1-21(14-5-7-15(8-6-14)26-12-19(23)24)18(22)10-4-13-3-9-17(25-2)16(20)11-13/h3,5-9,11H,4,10,12H2,1-2H3,(H,23,24). The number of rotatable bonds is 8. The van der Waals surface area contributed by atoms with Crippen molar-refractivity contribution in [3.63, 3.8) is 0 Å². The Kier molecular flexibility index (Phi) is 6.86. The molecule has 0 spiro atoms. The molecule has 1 amide bonds. The molecule has 1 N–H and O–H groups in total. The van der Waals surface area contributed by atoms with Crippen LogP contribution in [0.1, 0.15) is 12.0 Å². The minimum absolute atomic E-state index is 0.0452. The van der Waals surface area contributed by atoms with Gasteiger partial charge in [0.1, 0.15) is 11.5 Å². The number of carbonyl (C=O) groups excluding carboxylic acids is 1. The summed E-state index contributed by atoms with van der Waals surface area (Å²) >= 11 is 6.09. The molecular weight excluding hydrogens is 358 g/mol. The highest BCUT2D eigenvalue weighted by Gasteiger charge is 2.12. The molecule has 0 heterocycles. The number of carboxylic acids is 1. The molecule has 0 aliphatic carbocycles. The number of carboxylic acid groups (broad SMARTS) is 1. The van der Waals surface area contributed by atoms with Gasteiger partial charge in [-0.3, -0.25) is 4.79 Å². The average Bonchev–Trinajstić information content (AvgIpc) is 2.64. The predicted molar refractivity (Wildman–Crippen MR) is 99.3 cm³/mol. The first-order valence-electron chi connectivity index (χ1n) is 7.94. The van der Waals surface area contributed by atoms with Crippen LogP contribution in [0.15, 0.2) is 42.5 Å². The van der Waals surface area contributed by atoms with Crippen molar-refractivity contribution < 1.29 is 24.2 Å². The van der Waals surface area contributed by atoms with E-state index >= 15 is 0 Å². The molecule has 0 aromatic heterocycles. The molecule has 0 radical (unpaired) electrons. The summed E-state index contributed by atoms with van der Waals surface area (Å²) in [6.07, 6.45) is 0.892. The van der Waals surface area contributed by atoms with Crippen molar-refractivity contribution in [1.82, 2.24) is 0 Å². The third-order valence-electron chi connectivity index (χ3n) is 3.80. The second-order valence-electron chi connectivity index (χ2n) is 5.60. The molecule has 0 atom stereocenters. The predicted octanol–water partition coefficient (Wildman–Crippen LogP) is 3.41. The first-order chi connectivity index (χ1) is 12.4. The van der Waals surface area contributed by atoms with Crippen molar-refractivity contribution >= 4 is 29.2 Å².